The van der Waals surface area contributed by atoms with Crippen LogP contribution >= 0.6 is 11.6 Å². The molecule has 0 amide bonds. The Hall–Kier alpha value is -5.11. The van der Waals surface area contributed by atoms with Crippen LogP contribution < -0.4 is 0 Å². The molecule has 0 radical (unpaired) electrons. The zero-order valence-electron chi connectivity index (χ0n) is 22.7. The van der Waals surface area contributed by atoms with Crippen LogP contribution in [0.2, 0.25) is 5.02 Å². The number of para-hydroxylation sites is 2. The van der Waals surface area contributed by atoms with Crippen molar-refractivity contribution in [2.75, 3.05) is 0 Å². The minimum Gasteiger partial charge on any atom is -0.309 e. The topological polar surface area (TPSA) is 4.93 Å². The summed E-state index contributed by atoms with van der Waals surface area (Å²) in [6.07, 6.45) is 0. The number of hydrogen-bond acceptors (Lipinski definition) is 0. The summed E-state index contributed by atoms with van der Waals surface area (Å²) in [5.74, 6) is 0. The van der Waals surface area contributed by atoms with E-state index in [1.54, 1.807) is 0 Å². The SMILES string of the molecule is Clc1ccc(-c2cc(-c3ccc(-n4c5ccccc5c5ccccc54)cc3)c3ccc4cccc5ccc2c3c54)cc1. The molecule has 42 heavy (non-hydrogen) atoms. The van der Waals surface area contributed by atoms with E-state index in [1.165, 1.54) is 76.4 Å². The number of benzene rings is 8. The van der Waals surface area contributed by atoms with Crippen molar-refractivity contribution in [1.82, 2.24) is 4.57 Å². The molecule has 9 aromatic rings. The summed E-state index contributed by atoms with van der Waals surface area (Å²) in [6.45, 7) is 0. The van der Waals surface area contributed by atoms with Gasteiger partial charge in [0, 0.05) is 21.5 Å². The first kappa shape index (κ1) is 23.6. The van der Waals surface area contributed by atoms with E-state index >= 15 is 0 Å². The second-order valence-corrected chi connectivity index (χ2v) is 11.5. The Morgan fingerprint density at radius 1 is 0.405 bits per heavy atom. The molecule has 0 saturated heterocycles. The summed E-state index contributed by atoms with van der Waals surface area (Å²) in [6, 6.07) is 52.7. The van der Waals surface area contributed by atoms with Gasteiger partial charge < -0.3 is 4.57 Å². The van der Waals surface area contributed by atoms with E-state index < -0.39 is 0 Å². The van der Waals surface area contributed by atoms with Gasteiger partial charge in [-0.25, -0.2) is 0 Å². The van der Waals surface area contributed by atoms with Crippen LogP contribution in [0.25, 0.3) is 82.1 Å². The van der Waals surface area contributed by atoms with Gasteiger partial charge in [0.15, 0.2) is 0 Å². The van der Waals surface area contributed by atoms with Crippen LogP contribution in [0.15, 0.2) is 146 Å². The molecule has 9 rings (SSSR count). The Kier molecular flexibility index (Phi) is 5.02. The van der Waals surface area contributed by atoms with Crippen molar-refractivity contribution in [2.45, 2.75) is 0 Å². The molecule has 0 aliphatic rings. The molecule has 0 spiro atoms. The fourth-order valence-electron chi connectivity index (χ4n) is 6.93. The molecule has 1 nitrogen and oxygen atoms in total. The summed E-state index contributed by atoms with van der Waals surface area (Å²) in [5, 5.41) is 11.0. The molecule has 0 atom stereocenters. The Bertz CT molecular complexity index is 2380. The summed E-state index contributed by atoms with van der Waals surface area (Å²) < 4.78 is 2.37. The van der Waals surface area contributed by atoms with Gasteiger partial charge in [0.25, 0.3) is 0 Å². The average Bonchev–Trinajstić information content (AvgIpc) is 3.38. The molecule has 2 heteroatoms. The van der Waals surface area contributed by atoms with Crippen LogP contribution in [0.4, 0.5) is 0 Å². The predicted octanol–water partition coefficient (Wildman–Crippen LogP) is 11.7. The van der Waals surface area contributed by atoms with Gasteiger partial charge in [0.1, 0.15) is 0 Å². The second-order valence-electron chi connectivity index (χ2n) is 11.1. The van der Waals surface area contributed by atoms with Crippen LogP contribution in [0.1, 0.15) is 0 Å². The molecular weight excluding hydrogens is 530 g/mol. The van der Waals surface area contributed by atoms with Crippen molar-refractivity contribution in [3.63, 3.8) is 0 Å². The van der Waals surface area contributed by atoms with Crippen molar-refractivity contribution in [2.24, 2.45) is 0 Å². The Morgan fingerprint density at radius 3 is 1.50 bits per heavy atom. The molecule has 0 aliphatic heterocycles. The van der Waals surface area contributed by atoms with Gasteiger partial charge in [-0.1, -0.05) is 115 Å². The lowest BCUT2D eigenvalue weighted by Crippen LogP contribution is -1.94. The fourth-order valence-corrected chi connectivity index (χ4v) is 7.06. The lowest BCUT2D eigenvalue weighted by Gasteiger charge is -2.18. The van der Waals surface area contributed by atoms with E-state index in [1.807, 2.05) is 12.1 Å². The van der Waals surface area contributed by atoms with Crippen LogP contribution in [0.3, 0.4) is 0 Å². The first-order valence-electron chi connectivity index (χ1n) is 14.3. The van der Waals surface area contributed by atoms with Gasteiger partial charge >= 0.3 is 0 Å². The second kappa shape index (κ2) is 8.94. The standard InChI is InChI=1S/C40H24ClN/c41-29-18-12-25(13-19-29)35-24-36(34-23-17-28-7-5-6-27-16-22-33(35)40(34)39(27)28)26-14-20-30(21-15-26)42-37-10-3-1-8-31(37)32-9-2-4-11-38(32)42/h1-24H. The molecule has 0 fully saturated rings. The van der Waals surface area contributed by atoms with Crippen molar-refractivity contribution in [3.05, 3.63) is 151 Å². The third kappa shape index (κ3) is 3.38. The van der Waals surface area contributed by atoms with Gasteiger partial charge in [0.05, 0.1) is 11.0 Å². The summed E-state index contributed by atoms with van der Waals surface area (Å²) in [5.41, 5.74) is 8.43. The number of fused-ring (bicyclic) bond motifs is 3. The summed E-state index contributed by atoms with van der Waals surface area (Å²) in [7, 11) is 0. The number of hydrogen-bond donors (Lipinski definition) is 0. The number of nitrogens with zero attached hydrogens (tertiary/aromatic N) is 1. The summed E-state index contributed by atoms with van der Waals surface area (Å²) >= 11 is 6.30. The predicted molar refractivity (Wildman–Crippen MR) is 180 cm³/mol. The van der Waals surface area contributed by atoms with Crippen LogP contribution in [0.5, 0.6) is 0 Å². The van der Waals surface area contributed by atoms with E-state index in [0.29, 0.717) is 0 Å². The number of rotatable bonds is 3. The minimum absolute atomic E-state index is 0.748. The highest BCUT2D eigenvalue weighted by atomic mass is 35.5. The van der Waals surface area contributed by atoms with Gasteiger partial charge in [-0.3, -0.25) is 0 Å². The third-order valence-corrected chi connectivity index (χ3v) is 9.07. The van der Waals surface area contributed by atoms with E-state index in [2.05, 4.69) is 138 Å². The minimum atomic E-state index is 0.748. The zero-order chi connectivity index (χ0) is 27.8. The molecule has 0 bridgehead atoms. The van der Waals surface area contributed by atoms with Crippen LogP contribution in [0, 0.1) is 0 Å². The number of halogens is 1. The molecule has 1 heterocycles. The average molecular weight is 554 g/mol. The van der Waals surface area contributed by atoms with E-state index in [-0.39, 0.29) is 0 Å². The first-order valence-corrected chi connectivity index (χ1v) is 14.7. The highest BCUT2D eigenvalue weighted by Gasteiger charge is 2.17. The van der Waals surface area contributed by atoms with Crippen LogP contribution in [-0.4, -0.2) is 4.57 Å². The van der Waals surface area contributed by atoms with Crippen molar-refractivity contribution in [1.29, 1.82) is 0 Å². The monoisotopic (exact) mass is 553 g/mol. The highest BCUT2D eigenvalue weighted by Crippen LogP contribution is 2.44. The third-order valence-electron chi connectivity index (χ3n) is 8.82. The smallest absolute Gasteiger partial charge is 0.0541 e. The zero-order valence-corrected chi connectivity index (χ0v) is 23.4. The molecule has 0 N–H and O–H groups in total. The Labute approximate surface area is 248 Å². The number of aromatic nitrogens is 1. The van der Waals surface area contributed by atoms with Crippen molar-refractivity contribution < 1.29 is 0 Å². The van der Waals surface area contributed by atoms with Crippen molar-refractivity contribution in [3.8, 4) is 27.9 Å². The lowest BCUT2D eigenvalue weighted by molar-refractivity contribution is 1.18. The van der Waals surface area contributed by atoms with E-state index in [0.717, 1.165) is 10.7 Å². The molecule has 196 valence electrons. The molecule has 1 aromatic heterocycles. The normalized spacial score (nSPS) is 11.9. The van der Waals surface area contributed by atoms with Gasteiger partial charge in [-0.05, 0) is 97.0 Å². The van der Waals surface area contributed by atoms with Crippen molar-refractivity contribution >= 4 is 65.7 Å². The van der Waals surface area contributed by atoms with Gasteiger partial charge in [-0.15, -0.1) is 0 Å². The maximum Gasteiger partial charge on any atom is 0.0541 e. The molecule has 8 aromatic carbocycles. The molecule has 0 saturated carbocycles. The Morgan fingerprint density at radius 2 is 0.929 bits per heavy atom. The fraction of sp³-hybridized carbons (Fsp3) is 0. The van der Waals surface area contributed by atoms with Gasteiger partial charge in [-0.2, -0.15) is 0 Å². The van der Waals surface area contributed by atoms with Gasteiger partial charge in [0.2, 0.25) is 0 Å². The maximum absolute atomic E-state index is 6.30. The Balaban J connectivity index is 1.30. The van der Waals surface area contributed by atoms with Crippen LogP contribution in [-0.2, 0) is 0 Å². The maximum atomic E-state index is 6.30. The highest BCUT2D eigenvalue weighted by molar-refractivity contribution is 6.31. The first-order chi connectivity index (χ1) is 20.7. The lowest BCUT2D eigenvalue weighted by atomic mass is 9.85. The molecule has 0 unspecified atom stereocenters. The summed E-state index contributed by atoms with van der Waals surface area (Å²) in [4.78, 5) is 0. The molecular formula is C40H24ClN. The van der Waals surface area contributed by atoms with E-state index in [9.17, 15) is 0 Å². The largest absolute Gasteiger partial charge is 0.309 e. The quantitative estimate of drug-likeness (QED) is 0.192. The molecule has 0 aliphatic carbocycles. The van der Waals surface area contributed by atoms with E-state index in [4.69, 9.17) is 11.6 Å².